The van der Waals surface area contributed by atoms with Crippen molar-refractivity contribution in [1.29, 1.82) is 5.26 Å². The van der Waals surface area contributed by atoms with Crippen molar-refractivity contribution in [3.63, 3.8) is 0 Å². The van der Waals surface area contributed by atoms with Gasteiger partial charge < -0.3 is 4.90 Å². The number of nitriles is 1. The predicted molar refractivity (Wildman–Crippen MR) is 52.2 cm³/mol. The second-order valence-electron chi connectivity index (χ2n) is 4.72. The maximum absolute atomic E-state index is 11.6. The summed E-state index contributed by atoms with van der Waals surface area (Å²) in [6.45, 7) is 5.09. The molecular weight excluding hydrogens is 176 g/mol. The number of hydrogen-bond acceptors (Lipinski definition) is 2. The molecule has 2 rings (SSSR count). The highest BCUT2D eigenvalue weighted by Gasteiger charge is 2.43. The average molecular weight is 192 g/mol. The van der Waals surface area contributed by atoms with Crippen molar-refractivity contribution in [1.82, 2.24) is 4.90 Å². The third-order valence-electron chi connectivity index (χ3n) is 3.86. The van der Waals surface area contributed by atoms with Gasteiger partial charge in [-0.3, -0.25) is 4.79 Å². The number of carbonyl (C=O) groups is 1. The van der Waals surface area contributed by atoms with Gasteiger partial charge in [-0.15, -0.1) is 0 Å². The molecule has 1 amide bonds. The van der Waals surface area contributed by atoms with Gasteiger partial charge in [-0.1, -0.05) is 13.8 Å². The summed E-state index contributed by atoms with van der Waals surface area (Å²) in [6, 6.07) is 2.60. The summed E-state index contributed by atoms with van der Waals surface area (Å²) in [5, 5.41) is 8.76. The lowest BCUT2D eigenvalue weighted by Gasteiger charge is -2.46. The van der Waals surface area contributed by atoms with Crippen molar-refractivity contribution >= 4 is 5.91 Å². The van der Waals surface area contributed by atoms with Crippen LogP contribution in [0.3, 0.4) is 0 Å². The molecule has 14 heavy (non-hydrogen) atoms. The molecule has 0 radical (unpaired) electrons. The summed E-state index contributed by atoms with van der Waals surface area (Å²) in [5.41, 5.74) is 0. The monoisotopic (exact) mass is 192 g/mol. The summed E-state index contributed by atoms with van der Waals surface area (Å²) in [4.78, 5) is 13.5. The van der Waals surface area contributed by atoms with Gasteiger partial charge in [0.25, 0.3) is 0 Å². The van der Waals surface area contributed by atoms with Crippen LogP contribution >= 0.6 is 0 Å². The van der Waals surface area contributed by atoms with Gasteiger partial charge in [0.2, 0.25) is 5.91 Å². The molecule has 2 fully saturated rings. The van der Waals surface area contributed by atoms with E-state index in [4.69, 9.17) is 5.26 Å². The van der Waals surface area contributed by atoms with Crippen LogP contribution in [0.1, 0.15) is 26.7 Å². The Morgan fingerprint density at radius 3 is 2.64 bits per heavy atom. The molecule has 1 saturated heterocycles. The second-order valence-corrected chi connectivity index (χ2v) is 4.72. The topological polar surface area (TPSA) is 44.1 Å². The largest absolute Gasteiger partial charge is 0.338 e. The van der Waals surface area contributed by atoms with Crippen LogP contribution in [0.5, 0.6) is 0 Å². The predicted octanol–water partition coefficient (Wildman–Crippen LogP) is 1.40. The minimum atomic E-state index is -0.0643. The molecule has 1 aliphatic carbocycles. The second kappa shape index (κ2) is 3.27. The van der Waals surface area contributed by atoms with Gasteiger partial charge in [0, 0.05) is 19.0 Å². The van der Waals surface area contributed by atoms with Crippen LogP contribution in [0.15, 0.2) is 0 Å². The molecule has 0 spiro atoms. The molecule has 3 nitrogen and oxygen atoms in total. The molecule has 0 bridgehead atoms. The summed E-state index contributed by atoms with van der Waals surface area (Å²) in [5.74, 6) is 1.45. The summed E-state index contributed by atoms with van der Waals surface area (Å²) < 4.78 is 0. The molecule has 0 aromatic heterocycles. The molecule has 76 valence electrons. The molecule has 1 heterocycles. The maximum atomic E-state index is 11.6. The minimum Gasteiger partial charge on any atom is -0.338 e. The van der Waals surface area contributed by atoms with Crippen LogP contribution in [-0.4, -0.2) is 23.4 Å². The lowest BCUT2D eigenvalue weighted by molar-refractivity contribution is -0.134. The number of hydrogen-bond donors (Lipinski definition) is 0. The Balaban J connectivity index is 2.00. The van der Waals surface area contributed by atoms with Gasteiger partial charge in [-0.2, -0.15) is 5.26 Å². The van der Waals surface area contributed by atoms with E-state index < -0.39 is 0 Å². The zero-order chi connectivity index (χ0) is 10.3. The highest BCUT2D eigenvalue weighted by molar-refractivity contribution is 5.79. The standard InChI is InChI=1S/C11H16N2O/c1-7-3-10(8(7)2)13-6-9(5-12)4-11(13)14/h7-10H,3-4,6H2,1-2H3. The van der Waals surface area contributed by atoms with E-state index >= 15 is 0 Å². The first kappa shape index (κ1) is 9.51. The van der Waals surface area contributed by atoms with Crippen LogP contribution < -0.4 is 0 Å². The minimum absolute atomic E-state index is 0.0643. The molecule has 4 unspecified atom stereocenters. The number of carbonyl (C=O) groups excluding carboxylic acids is 1. The highest BCUT2D eigenvalue weighted by Crippen LogP contribution is 2.39. The average Bonchev–Trinajstić information content (AvgIpc) is 2.55. The molecule has 0 aromatic rings. The Morgan fingerprint density at radius 2 is 2.21 bits per heavy atom. The Labute approximate surface area is 84.7 Å². The zero-order valence-electron chi connectivity index (χ0n) is 8.73. The molecule has 3 heteroatoms. The summed E-state index contributed by atoms with van der Waals surface area (Å²) in [7, 11) is 0. The lowest BCUT2D eigenvalue weighted by Crippen LogP contribution is -2.51. The molecule has 1 saturated carbocycles. The van der Waals surface area contributed by atoms with Crippen LogP contribution in [0.4, 0.5) is 0 Å². The number of amides is 1. The van der Waals surface area contributed by atoms with Crippen molar-refractivity contribution in [2.24, 2.45) is 17.8 Å². The molecule has 2 aliphatic rings. The summed E-state index contributed by atoms with van der Waals surface area (Å²) >= 11 is 0. The van der Waals surface area contributed by atoms with E-state index in [0.717, 1.165) is 12.3 Å². The van der Waals surface area contributed by atoms with E-state index in [1.807, 2.05) is 4.90 Å². The Hall–Kier alpha value is -1.04. The van der Waals surface area contributed by atoms with E-state index in [0.29, 0.717) is 24.9 Å². The first-order valence-electron chi connectivity index (χ1n) is 5.32. The van der Waals surface area contributed by atoms with Gasteiger partial charge in [-0.25, -0.2) is 0 Å². The zero-order valence-corrected chi connectivity index (χ0v) is 8.73. The molecular formula is C11H16N2O. The third-order valence-corrected chi connectivity index (χ3v) is 3.86. The van der Waals surface area contributed by atoms with Crippen LogP contribution in [0.2, 0.25) is 0 Å². The van der Waals surface area contributed by atoms with E-state index in [1.165, 1.54) is 0 Å². The van der Waals surface area contributed by atoms with Crippen LogP contribution in [-0.2, 0) is 4.79 Å². The van der Waals surface area contributed by atoms with E-state index in [-0.39, 0.29) is 11.8 Å². The van der Waals surface area contributed by atoms with Gasteiger partial charge in [0.15, 0.2) is 0 Å². The van der Waals surface area contributed by atoms with Crippen molar-refractivity contribution in [3.05, 3.63) is 0 Å². The Morgan fingerprint density at radius 1 is 1.50 bits per heavy atom. The van der Waals surface area contributed by atoms with Crippen LogP contribution in [0.25, 0.3) is 0 Å². The first-order valence-corrected chi connectivity index (χ1v) is 5.32. The fourth-order valence-electron chi connectivity index (χ4n) is 2.54. The van der Waals surface area contributed by atoms with Gasteiger partial charge in [-0.05, 0) is 18.3 Å². The molecule has 1 aliphatic heterocycles. The summed E-state index contributed by atoms with van der Waals surface area (Å²) in [6.07, 6.45) is 1.55. The van der Waals surface area contributed by atoms with E-state index in [2.05, 4.69) is 19.9 Å². The molecule has 0 N–H and O–H groups in total. The SMILES string of the molecule is CC1CC(N2CC(C#N)CC2=O)C1C. The van der Waals surface area contributed by atoms with Crippen molar-refractivity contribution < 1.29 is 4.79 Å². The van der Waals surface area contributed by atoms with Crippen molar-refractivity contribution in [2.45, 2.75) is 32.7 Å². The number of nitrogens with zero attached hydrogens (tertiary/aromatic N) is 2. The molecule has 0 aromatic carbocycles. The maximum Gasteiger partial charge on any atom is 0.224 e. The highest BCUT2D eigenvalue weighted by atomic mass is 16.2. The van der Waals surface area contributed by atoms with E-state index in [9.17, 15) is 4.79 Å². The van der Waals surface area contributed by atoms with Crippen molar-refractivity contribution in [2.75, 3.05) is 6.54 Å². The van der Waals surface area contributed by atoms with Crippen LogP contribution in [0, 0.1) is 29.1 Å². The fourth-order valence-corrected chi connectivity index (χ4v) is 2.54. The Bertz CT molecular complexity index is 294. The van der Waals surface area contributed by atoms with E-state index in [1.54, 1.807) is 0 Å². The van der Waals surface area contributed by atoms with Gasteiger partial charge in [0.1, 0.15) is 0 Å². The smallest absolute Gasteiger partial charge is 0.224 e. The van der Waals surface area contributed by atoms with Crippen molar-refractivity contribution in [3.8, 4) is 6.07 Å². The van der Waals surface area contributed by atoms with Gasteiger partial charge in [0.05, 0.1) is 12.0 Å². The van der Waals surface area contributed by atoms with Gasteiger partial charge >= 0.3 is 0 Å². The lowest BCUT2D eigenvalue weighted by atomic mass is 9.71. The number of likely N-dealkylation sites (tertiary alicyclic amines) is 1. The Kier molecular flexibility index (Phi) is 2.22. The third kappa shape index (κ3) is 1.30. The first-order chi connectivity index (χ1) is 6.63. The number of rotatable bonds is 1. The molecule has 4 atom stereocenters. The normalized spacial score (nSPS) is 42.1. The fraction of sp³-hybridized carbons (Fsp3) is 0.818. The quantitative estimate of drug-likeness (QED) is 0.630.